The number of benzene rings is 1. The van der Waals surface area contributed by atoms with E-state index in [0.29, 0.717) is 5.56 Å². The second kappa shape index (κ2) is 3.64. The van der Waals surface area contributed by atoms with Crippen LogP contribution in [0.5, 0.6) is 0 Å². The highest BCUT2D eigenvalue weighted by molar-refractivity contribution is 7.86. The van der Waals surface area contributed by atoms with E-state index in [1.165, 1.54) is 6.07 Å². The van der Waals surface area contributed by atoms with Gasteiger partial charge in [-0.2, -0.15) is 13.5 Å². The maximum Gasteiger partial charge on any atom is 0.296 e. The van der Waals surface area contributed by atoms with Crippen molar-refractivity contribution in [2.45, 2.75) is 11.8 Å². The summed E-state index contributed by atoms with van der Waals surface area (Å²) >= 11 is 5.67. The molecule has 1 aromatic carbocycles. The van der Waals surface area contributed by atoms with Crippen molar-refractivity contribution in [1.82, 2.24) is 0 Å². The average molecular weight is 235 g/mol. The number of aryl methyl sites for hydroxylation is 1. The van der Waals surface area contributed by atoms with Crippen molar-refractivity contribution in [2.75, 3.05) is 0 Å². The first-order chi connectivity index (χ1) is 6.36. The van der Waals surface area contributed by atoms with Gasteiger partial charge in [0.25, 0.3) is 10.1 Å². The maximum absolute atomic E-state index is 10.8. The highest BCUT2D eigenvalue weighted by atomic mass is 35.5. The summed E-state index contributed by atoms with van der Waals surface area (Å²) in [6.45, 7) is 1.64. The normalized spacial score (nSPS) is 11.4. The lowest BCUT2D eigenvalue weighted by atomic mass is 10.2. The van der Waals surface area contributed by atoms with E-state index in [2.05, 4.69) is 5.11 Å². The lowest BCUT2D eigenvalue weighted by molar-refractivity contribution is 0.483. The molecule has 76 valence electrons. The quantitative estimate of drug-likeness (QED) is 0.609. The van der Waals surface area contributed by atoms with Crippen molar-refractivity contribution in [1.29, 1.82) is 5.53 Å². The van der Waals surface area contributed by atoms with Gasteiger partial charge in [-0.25, -0.2) is 5.53 Å². The molecule has 0 bridgehead atoms. The minimum Gasteiger partial charge on any atom is -0.282 e. The predicted molar refractivity (Wildman–Crippen MR) is 50.8 cm³/mol. The summed E-state index contributed by atoms with van der Waals surface area (Å²) < 4.78 is 30.4. The molecule has 2 N–H and O–H groups in total. The van der Waals surface area contributed by atoms with Gasteiger partial charge in [0.1, 0.15) is 10.6 Å². The monoisotopic (exact) mass is 234 g/mol. The van der Waals surface area contributed by atoms with Gasteiger partial charge in [-0.05, 0) is 24.6 Å². The van der Waals surface area contributed by atoms with E-state index in [-0.39, 0.29) is 10.7 Å². The first-order valence-electron chi connectivity index (χ1n) is 3.51. The SMILES string of the molecule is Cc1cc(N=N)c(S(=O)(=O)O)cc1Cl. The van der Waals surface area contributed by atoms with Crippen LogP contribution in [0.1, 0.15) is 5.56 Å². The maximum atomic E-state index is 10.8. The van der Waals surface area contributed by atoms with Crippen molar-refractivity contribution >= 4 is 27.4 Å². The van der Waals surface area contributed by atoms with E-state index in [1.807, 2.05) is 0 Å². The van der Waals surface area contributed by atoms with Crippen LogP contribution in [-0.4, -0.2) is 13.0 Å². The van der Waals surface area contributed by atoms with Gasteiger partial charge in [-0.3, -0.25) is 4.55 Å². The van der Waals surface area contributed by atoms with Crippen LogP contribution in [0, 0.1) is 12.5 Å². The van der Waals surface area contributed by atoms with Crippen LogP contribution in [0.3, 0.4) is 0 Å². The van der Waals surface area contributed by atoms with Gasteiger partial charge in [0.15, 0.2) is 0 Å². The summed E-state index contributed by atoms with van der Waals surface area (Å²) in [5.74, 6) is 0. The van der Waals surface area contributed by atoms with Gasteiger partial charge in [0, 0.05) is 5.02 Å². The molecule has 0 amide bonds. The topological polar surface area (TPSA) is 90.6 Å². The lowest BCUT2D eigenvalue weighted by Gasteiger charge is -2.04. The smallest absolute Gasteiger partial charge is 0.282 e. The molecule has 0 aromatic heterocycles. The van der Waals surface area contributed by atoms with Crippen LogP contribution >= 0.6 is 11.6 Å². The molecule has 0 atom stereocenters. The van der Waals surface area contributed by atoms with Crippen molar-refractivity contribution in [2.24, 2.45) is 5.11 Å². The first-order valence-corrected chi connectivity index (χ1v) is 5.33. The van der Waals surface area contributed by atoms with Gasteiger partial charge in [0.05, 0.1) is 0 Å². The second-order valence-electron chi connectivity index (χ2n) is 2.66. The van der Waals surface area contributed by atoms with Crippen molar-refractivity contribution in [3.8, 4) is 0 Å². The fraction of sp³-hybridized carbons (Fsp3) is 0.143. The molecule has 0 fully saturated rings. The van der Waals surface area contributed by atoms with Gasteiger partial charge in [-0.15, -0.1) is 0 Å². The Morgan fingerprint density at radius 3 is 2.50 bits per heavy atom. The van der Waals surface area contributed by atoms with Gasteiger partial charge >= 0.3 is 0 Å². The van der Waals surface area contributed by atoms with Gasteiger partial charge in [0.2, 0.25) is 0 Å². The van der Waals surface area contributed by atoms with Gasteiger partial charge < -0.3 is 0 Å². The standard InChI is InChI=1S/C7H7ClN2O3S/c1-4-2-6(10-9)7(3-5(4)8)14(11,12)13/h2-3,9H,1H3,(H,11,12,13). The van der Waals surface area contributed by atoms with Crippen molar-refractivity contribution < 1.29 is 13.0 Å². The highest BCUT2D eigenvalue weighted by Crippen LogP contribution is 2.29. The molecule has 0 heterocycles. The van der Waals surface area contributed by atoms with E-state index in [1.54, 1.807) is 6.92 Å². The zero-order valence-electron chi connectivity index (χ0n) is 7.15. The largest absolute Gasteiger partial charge is 0.296 e. The van der Waals surface area contributed by atoms with Crippen LogP contribution in [0.15, 0.2) is 22.1 Å². The van der Waals surface area contributed by atoms with E-state index in [4.69, 9.17) is 21.7 Å². The fourth-order valence-electron chi connectivity index (χ4n) is 0.942. The van der Waals surface area contributed by atoms with Gasteiger partial charge in [-0.1, -0.05) is 11.6 Å². The van der Waals surface area contributed by atoms with Crippen LogP contribution in [0.2, 0.25) is 5.02 Å². The molecule has 0 spiro atoms. The van der Waals surface area contributed by atoms with E-state index in [0.717, 1.165) is 6.07 Å². The van der Waals surface area contributed by atoms with Crippen molar-refractivity contribution in [3.05, 3.63) is 22.7 Å². The Hall–Kier alpha value is -0.980. The van der Waals surface area contributed by atoms with Crippen LogP contribution in [0.25, 0.3) is 0 Å². The fourth-order valence-corrected chi connectivity index (χ4v) is 1.81. The molecular weight excluding hydrogens is 228 g/mol. The number of rotatable bonds is 2. The minimum absolute atomic E-state index is 0.130. The third-order valence-electron chi connectivity index (χ3n) is 1.64. The molecule has 0 aliphatic heterocycles. The number of hydrogen-bond acceptors (Lipinski definition) is 4. The Labute approximate surface area is 86.0 Å². The third-order valence-corrected chi connectivity index (χ3v) is 2.93. The van der Waals surface area contributed by atoms with E-state index < -0.39 is 15.0 Å². The molecule has 14 heavy (non-hydrogen) atoms. The van der Waals surface area contributed by atoms with Crippen molar-refractivity contribution in [3.63, 3.8) is 0 Å². The Bertz CT molecular complexity index is 484. The molecule has 7 heteroatoms. The summed E-state index contributed by atoms with van der Waals surface area (Å²) in [6, 6.07) is 2.39. The first kappa shape index (κ1) is 11.1. The zero-order chi connectivity index (χ0) is 10.9. The summed E-state index contributed by atoms with van der Waals surface area (Å²) in [6.07, 6.45) is 0. The second-order valence-corrected chi connectivity index (χ2v) is 4.45. The Kier molecular flexibility index (Phi) is 2.89. The molecule has 1 rings (SSSR count). The molecular formula is C7H7ClN2O3S. The number of hydrogen-bond donors (Lipinski definition) is 2. The van der Waals surface area contributed by atoms with E-state index in [9.17, 15) is 8.42 Å². The van der Waals surface area contributed by atoms with Crippen LogP contribution in [-0.2, 0) is 10.1 Å². The minimum atomic E-state index is -4.38. The predicted octanol–water partition coefficient (Wildman–Crippen LogP) is 2.56. The molecule has 5 nitrogen and oxygen atoms in total. The Balaban J connectivity index is 3.59. The van der Waals surface area contributed by atoms with E-state index >= 15 is 0 Å². The zero-order valence-corrected chi connectivity index (χ0v) is 8.72. The third kappa shape index (κ3) is 2.09. The summed E-state index contributed by atoms with van der Waals surface area (Å²) in [4.78, 5) is -0.455. The number of nitrogens with zero attached hydrogens (tertiary/aromatic N) is 1. The molecule has 0 radical (unpaired) electrons. The molecule has 1 aromatic rings. The molecule has 0 unspecified atom stereocenters. The van der Waals surface area contributed by atoms with Crippen LogP contribution in [0.4, 0.5) is 5.69 Å². The number of halogens is 1. The summed E-state index contributed by atoms with van der Waals surface area (Å²) in [7, 11) is -4.38. The summed E-state index contributed by atoms with van der Waals surface area (Å²) in [5, 5.41) is 3.19. The Morgan fingerprint density at radius 2 is 2.07 bits per heavy atom. The Morgan fingerprint density at radius 1 is 1.50 bits per heavy atom. The lowest BCUT2D eigenvalue weighted by Crippen LogP contribution is -1.98. The highest BCUT2D eigenvalue weighted by Gasteiger charge is 2.17. The molecule has 0 saturated carbocycles. The molecule has 0 aliphatic rings. The van der Waals surface area contributed by atoms with Crippen LogP contribution < -0.4 is 0 Å². The molecule has 0 saturated heterocycles. The molecule has 0 aliphatic carbocycles. The average Bonchev–Trinajstić information content (AvgIpc) is 2.07. The number of nitrogens with one attached hydrogen (secondary N) is 1. The summed E-state index contributed by atoms with van der Waals surface area (Å²) in [5.41, 5.74) is 7.20.